The number of aliphatic hydroxyl groups excluding tert-OH is 1. The van der Waals surface area contributed by atoms with E-state index in [4.69, 9.17) is 5.11 Å². The number of hydrogen-bond donors (Lipinski definition) is 2. The number of carbonyl (C=O) groups excluding carboxylic acids is 1. The molecule has 2 aromatic rings. The topological polar surface area (TPSA) is 52.6 Å². The molecule has 2 rings (SSSR count). The number of carbonyl (C=O) groups is 1. The molecule has 0 spiro atoms. The molecule has 1 unspecified atom stereocenters. The van der Waals surface area contributed by atoms with Gasteiger partial charge in [-0.25, -0.2) is 0 Å². The Kier molecular flexibility index (Phi) is 6.97. The molecule has 0 aliphatic heterocycles. The Labute approximate surface area is 144 Å². The summed E-state index contributed by atoms with van der Waals surface area (Å²) >= 11 is 0. The molecule has 1 atom stereocenters. The average Bonchev–Trinajstić information content (AvgIpc) is 2.61. The highest BCUT2D eigenvalue weighted by atomic mass is 16.3. The first kappa shape index (κ1) is 18.2. The lowest BCUT2D eigenvalue weighted by Gasteiger charge is -2.26. The molecule has 0 aromatic heterocycles. The zero-order valence-electron chi connectivity index (χ0n) is 14.4. The molecule has 0 aliphatic rings. The first-order chi connectivity index (χ1) is 11.7. The maximum atomic E-state index is 12.6. The van der Waals surface area contributed by atoms with Crippen molar-refractivity contribution in [2.45, 2.75) is 26.3 Å². The molecule has 0 saturated carbocycles. The average molecular weight is 326 g/mol. The number of nitrogens with zero attached hydrogens (tertiary/aromatic N) is 1. The molecule has 2 aromatic carbocycles. The maximum Gasteiger partial charge on any atom is 0.241 e. The van der Waals surface area contributed by atoms with Crippen LogP contribution in [-0.2, 0) is 11.2 Å². The van der Waals surface area contributed by atoms with Crippen LogP contribution >= 0.6 is 0 Å². The summed E-state index contributed by atoms with van der Waals surface area (Å²) < 4.78 is 0. The van der Waals surface area contributed by atoms with Crippen LogP contribution in [0.25, 0.3) is 0 Å². The van der Waals surface area contributed by atoms with E-state index in [-0.39, 0.29) is 18.6 Å². The Morgan fingerprint density at radius 1 is 1.12 bits per heavy atom. The monoisotopic (exact) mass is 326 g/mol. The van der Waals surface area contributed by atoms with E-state index < -0.39 is 0 Å². The first-order valence-electron chi connectivity index (χ1n) is 8.43. The molecule has 0 radical (unpaired) electrons. The van der Waals surface area contributed by atoms with Gasteiger partial charge < -0.3 is 10.4 Å². The molecule has 0 aliphatic carbocycles. The van der Waals surface area contributed by atoms with Crippen LogP contribution in [0.5, 0.6) is 0 Å². The van der Waals surface area contributed by atoms with Crippen molar-refractivity contribution in [2.75, 3.05) is 25.0 Å². The van der Waals surface area contributed by atoms with Crippen molar-refractivity contribution in [2.24, 2.45) is 0 Å². The number of nitrogens with one attached hydrogen (secondary N) is 1. The van der Waals surface area contributed by atoms with Crippen molar-refractivity contribution in [1.29, 1.82) is 0 Å². The fraction of sp³-hybridized carbons (Fsp3) is 0.350. The van der Waals surface area contributed by atoms with Crippen LogP contribution in [-0.4, -0.2) is 41.7 Å². The number of hydrogen-bond acceptors (Lipinski definition) is 3. The Morgan fingerprint density at radius 3 is 2.46 bits per heavy atom. The molecule has 1 amide bonds. The van der Waals surface area contributed by atoms with Gasteiger partial charge in [-0.2, -0.15) is 0 Å². The van der Waals surface area contributed by atoms with Crippen molar-refractivity contribution >= 4 is 11.6 Å². The van der Waals surface area contributed by atoms with Crippen LogP contribution in [0.4, 0.5) is 5.69 Å². The summed E-state index contributed by atoms with van der Waals surface area (Å²) in [5.41, 5.74) is 3.15. The Bertz CT molecular complexity index is 643. The van der Waals surface area contributed by atoms with Crippen LogP contribution < -0.4 is 5.32 Å². The molecule has 2 N–H and O–H groups in total. The van der Waals surface area contributed by atoms with Gasteiger partial charge in [0, 0.05) is 12.2 Å². The minimum atomic E-state index is -0.285. The van der Waals surface area contributed by atoms with Crippen molar-refractivity contribution in [3.8, 4) is 0 Å². The standard InChI is InChI=1S/C20H26N2O2/c1-3-22(13-14-23)16(2)20(24)21-19-12-8-7-11-18(19)15-17-9-5-4-6-10-17/h4-12,16,23H,3,13-15H2,1-2H3,(H,21,24). The second-order valence-corrected chi connectivity index (χ2v) is 5.84. The van der Waals surface area contributed by atoms with Crippen LogP contribution in [0.1, 0.15) is 25.0 Å². The third-order valence-corrected chi connectivity index (χ3v) is 4.23. The molecule has 128 valence electrons. The van der Waals surface area contributed by atoms with Crippen LogP contribution in [0.3, 0.4) is 0 Å². The summed E-state index contributed by atoms with van der Waals surface area (Å²) in [6.07, 6.45) is 0.778. The predicted octanol–water partition coefficient (Wildman–Crippen LogP) is 2.92. The summed E-state index contributed by atoms with van der Waals surface area (Å²) in [4.78, 5) is 14.5. The lowest BCUT2D eigenvalue weighted by molar-refractivity contribution is -0.120. The van der Waals surface area contributed by atoms with E-state index in [0.29, 0.717) is 6.54 Å². The van der Waals surface area contributed by atoms with Gasteiger partial charge in [-0.05, 0) is 37.1 Å². The van der Waals surface area contributed by atoms with Gasteiger partial charge >= 0.3 is 0 Å². The van der Waals surface area contributed by atoms with E-state index >= 15 is 0 Å². The van der Waals surface area contributed by atoms with Crippen molar-refractivity contribution < 1.29 is 9.90 Å². The van der Waals surface area contributed by atoms with E-state index in [0.717, 1.165) is 24.2 Å². The van der Waals surface area contributed by atoms with E-state index in [1.54, 1.807) is 0 Å². The summed E-state index contributed by atoms with van der Waals surface area (Å²) in [5.74, 6) is -0.0502. The van der Waals surface area contributed by atoms with Gasteiger partial charge in [0.25, 0.3) is 0 Å². The molecule has 4 heteroatoms. The molecule has 0 fully saturated rings. The third kappa shape index (κ3) is 4.91. The van der Waals surface area contributed by atoms with Crippen molar-refractivity contribution in [1.82, 2.24) is 4.90 Å². The quantitative estimate of drug-likeness (QED) is 0.784. The van der Waals surface area contributed by atoms with E-state index in [1.165, 1.54) is 5.56 Å². The van der Waals surface area contributed by atoms with Crippen LogP contribution in [0.15, 0.2) is 54.6 Å². The molecule has 0 saturated heterocycles. The molecule has 24 heavy (non-hydrogen) atoms. The highest BCUT2D eigenvalue weighted by Gasteiger charge is 2.20. The normalized spacial score (nSPS) is 12.2. The second kappa shape index (κ2) is 9.21. The minimum absolute atomic E-state index is 0.0502. The minimum Gasteiger partial charge on any atom is -0.395 e. The van der Waals surface area contributed by atoms with Crippen molar-refractivity contribution in [3.63, 3.8) is 0 Å². The molecule has 0 heterocycles. The van der Waals surface area contributed by atoms with Gasteiger partial charge in [0.1, 0.15) is 0 Å². The molecule has 4 nitrogen and oxygen atoms in total. The SMILES string of the molecule is CCN(CCO)C(C)C(=O)Nc1ccccc1Cc1ccccc1. The number of anilines is 1. The first-order valence-corrected chi connectivity index (χ1v) is 8.43. The summed E-state index contributed by atoms with van der Waals surface area (Å²) in [6, 6.07) is 17.8. The smallest absolute Gasteiger partial charge is 0.241 e. The number of benzene rings is 2. The van der Waals surface area contributed by atoms with Gasteiger partial charge in [-0.3, -0.25) is 9.69 Å². The van der Waals surface area contributed by atoms with E-state index in [2.05, 4.69) is 17.4 Å². The number of para-hydroxylation sites is 1. The van der Waals surface area contributed by atoms with Crippen LogP contribution in [0.2, 0.25) is 0 Å². The Balaban J connectivity index is 2.10. The van der Waals surface area contributed by atoms with Gasteiger partial charge in [0.05, 0.1) is 12.6 Å². The van der Waals surface area contributed by atoms with Gasteiger partial charge in [-0.15, -0.1) is 0 Å². The number of amides is 1. The van der Waals surface area contributed by atoms with E-state index in [9.17, 15) is 4.79 Å². The van der Waals surface area contributed by atoms with Crippen molar-refractivity contribution in [3.05, 3.63) is 65.7 Å². The Hall–Kier alpha value is -2.17. The summed E-state index contributed by atoms with van der Waals surface area (Å²) in [5, 5.41) is 12.2. The number of rotatable bonds is 8. The van der Waals surface area contributed by atoms with Gasteiger partial charge in [-0.1, -0.05) is 55.5 Å². The molecular weight excluding hydrogens is 300 g/mol. The summed E-state index contributed by atoms with van der Waals surface area (Å²) in [6.45, 7) is 5.13. The number of aliphatic hydroxyl groups is 1. The molecular formula is C20H26N2O2. The summed E-state index contributed by atoms with van der Waals surface area (Å²) in [7, 11) is 0. The molecule has 0 bridgehead atoms. The lowest BCUT2D eigenvalue weighted by Crippen LogP contribution is -2.43. The van der Waals surface area contributed by atoms with Crippen LogP contribution in [0, 0.1) is 0 Å². The Morgan fingerprint density at radius 2 is 1.79 bits per heavy atom. The highest BCUT2D eigenvalue weighted by molar-refractivity contribution is 5.95. The largest absolute Gasteiger partial charge is 0.395 e. The fourth-order valence-corrected chi connectivity index (χ4v) is 2.77. The van der Waals surface area contributed by atoms with Gasteiger partial charge in [0.15, 0.2) is 0 Å². The fourth-order valence-electron chi connectivity index (χ4n) is 2.77. The van der Waals surface area contributed by atoms with Gasteiger partial charge in [0.2, 0.25) is 5.91 Å². The third-order valence-electron chi connectivity index (χ3n) is 4.23. The van der Waals surface area contributed by atoms with E-state index in [1.807, 2.05) is 61.2 Å². The maximum absolute atomic E-state index is 12.6. The number of likely N-dealkylation sites (N-methyl/N-ethyl adjacent to an activating group) is 1. The predicted molar refractivity (Wildman–Crippen MR) is 98.1 cm³/mol. The zero-order valence-corrected chi connectivity index (χ0v) is 14.4. The highest BCUT2D eigenvalue weighted by Crippen LogP contribution is 2.19. The lowest BCUT2D eigenvalue weighted by atomic mass is 10.0. The second-order valence-electron chi connectivity index (χ2n) is 5.84. The zero-order chi connectivity index (χ0) is 17.4.